The second kappa shape index (κ2) is 9.82. The zero-order valence-corrected chi connectivity index (χ0v) is 21.8. The number of benzene rings is 4. The van der Waals surface area contributed by atoms with Crippen LogP contribution in [0.4, 0.5) is 16.4 Å². The van der Waals surface area contributed by atoms with Gasteiger partial charge >= 0.3 is 0 Å². The summed E-state index contributed by atoms with van der Waals surface area (Å²) in [6.45, 7) is 0. The molecule has 0 radical (unpaired) electrons. The third kappa shape index (κ3) is 4.62. The van der Waals surface area contributed by atoms with Crippen molar-refractivity contribution >= 4 is 66.7 Å². The molecule has 0 aliphatic carbocycles. The summed E-state index contributed by atoms with van der Waals surface area (Å²) in [5, 5.41) is 5.62. The van der Waals surface area contributed by atoms with Crippen LogP contribution in [0.5, 0.6) is 0 Å². The van der Waals surface area contributed by atoms with E-state index in [9.17, 15) is 4.79 Å². The van der Waals surface area contributed by atoms with Crippen LogP contribution in [0.1, 0.15) is 15.2 Å². The number of para-hydroxylation sites is 1. The summed E-state index contributed by atoms with van der Waals surface area (Å²) in [5.74, 6) is -0.117. The van der Waals surface area contributed by atoms with Gasteiger partial charge < -0.3 is 11.1 Å². The molecule has 2 aromatic heterocycles. The molecule has 7 heteroatoms. The van der Waals surface area contributed by atoms with Crippen LogP contribution >= 0.6 is 34.3 Å². The van der Waals surface area contributed by atoms with E-state index in [1.54, 1.807) is 11.3 Å². The molecule has 0 unspecified atom stereocenters. The number of hydrogen-bond donors (Lipinski definition) is 2. The Balaban J connectivity index is 1.41. The molecule has 0 spiro atoms. The Hall–Kier alpha value is -3.97. The largest absolute Gasteiger partial charge is 0.397 e. The molecule has 0 amide bonds. The van der Waals surface area contributed by atoms with Crippen LogP contribution in [-0.4, -0.2) is 10.8 Å². The molecular weight excluding hydrogens is 518 g/mol. The number of fused-ring (bicyclic) bond motifs is 1. The molecule has 4 aromatic carbocycles. The van der Waals surface area contributed by atoms with Crippen LogP contribution < -0.4 is 11.1 Å². The van der Waals surface area contributed by atoms with Crippen molar-refractivity contribution in [2.45, 2.75) is 0 Å². The van der Waals surface area contributed by atoms with Gasteiger partial charge in [0.15, 0.2) is 0 Å². The van der Waals surface area contributed by atoms with E-state index < -0.39 is 0 Å². The van der Waals surface area contributed by atoms with Gasteiger partial charge in [0.2, 0.25) is 5.78 Å². The number of halogens is 1. The zero-order chi connectivity index (χ0) is 25.4. The predicted octanol–water partition coefficient (Wildman–Crippen LogP) is 8.90. The summed E-state index contributed by atoms with van der Waals surface area (Å²) in [4.78, 5) is 19.0. The van der Waals surface area contributed by atoms with E-state index in [4.69, 9.17) is 22.3 Å². The van der Waals surface area contributed by atoms with E-state index >= 15 is 0 Å². The highest BCUT2D eigenvalue weighted by Gasteiger charge is 2.25. The lowest BCUT2D eigenvalue weighted by molar-refractivity contribution is 0.104. The van der Waals surface area contributed by atoms with Gasteiger partial charge in [-0.05, 0) is 47.5 Å². The molecule has 0 aliphatic rings. The first-order valence-electron chi connectivity index (χ1n) is 11.6. The van der Waals surface area contributed by atoms with Crippen LogP contribution in [-0.2, 0) is 0 Å². The molecule has 0 bridgehead atoms. The summed E-state index contributed by atoms with van der Waals surface area (Å²) in [7, 11) is 0. The number of aromatic nitrogens is 1. The molecule has 0 fully saturated rings. The van der Waals surface area contributed by atoms with E-state index in [1.807, 2.05) is 103 Å². The van der Waals surface area contributed by atoms with Crippen molar-refractivity contribution in [3.05, 3.63) is 119 Å². The minimum absolute atomic E-state index is 0.117. The number of carbonyl (C=O) groups excluding carboxylic acids is 1. The summed E-state index contributed by atoms with van der Waals surface area (Å²) >= 11 is 8.97. The second-order valence-electron chi connectivity index (χ2n) is 8.44. The second-order valence-corrected chi connectivity index (χ2v) is 10.9. The molecule has 180 valence electrons. The highest BCUT2D eigenvalue weighted by atomic mass is 35.5. The van der Waals surface area contributed by atoms with Crippen molar-refractivity contribution < 1.29 is 4.79 Å². The summed E-state index contributed by atoms with van der Waals surface area (Å²) in [6, 6.07) is 33.1. The summed E-state index contributed by atoms with van der Waals surface area (Å²) in [6.07, 6.45) is 0. The topological polar surface area (TPSA) is 68.0 Å². The molecule has 0 saturated carbocycles. The number of nitrogens with zero attached hydrogens (tertiary/aromatic N) is 1. The van der Waals surface area contributed by atoms with Crippen molar-refractivity contribution in [1.29, 1.82) is 0 Å². The average molecular weight is 538 g/mol. The Bertz CT molecular complexity index is 1690. The Morgan fingerprint density at radius 2 is 1.46 bits per heavy atom. The van der Waals surface area contributed by atoms with E-state index in [0.717, 1.165) is 42.6 Å². The fourth-order valence-corrected chi connectivity index (χ4v) is 6.46. The molecule has 2 heterocycles. The normalized spacial score (nSPS) is 11.1. The first kappa shape index (κ1) is 23.4. The average Bonchev–Trinajstić information content (AvgIpc) is 3.50. The van der Waals surface area contributed by atoms with Gasteiger partial charge in [-0.25, -0.2) is 4.98 Å². The van der Waals surface area contributed by atoms with Gasteiger partial charge in [0.05, 0.1) is 21.5 Å². The quantitative estimate of drug-likeness (QED) is 0.208. The van der Waals surface area contributed by atoms with Crippen LogP contribution in [0.3, 0.4) is 0 Å². The number of nitrogens with one attached hydrogen (secondary N) is 1. The van der Waals surface area contributed by atoms with Crippen molar-refractivity contribution in [2.75, 3.05) is 11.1 Å². The number of thiophene rings is 1. The van der Waals surface area contributed by atoms with Crippen molar-refractivity contribution in [3.8, 4) is 21.7 Å². The SMILES string of the molecule is Nc1c(C(=O)c2ccc(-c3ccccc3)cc2)sc(Nc2ccc(Cl)cc2)c1-c1nc2ccccc2s1. The van der Waals surface area contributed by atoms with E-state index in [2.05, 4.69) is 5.32 Å². The van der Waals surface area contributed by atoms with Crippen LogP contribution in [0.15, 0.2) is 103 Å². The van der Waals surface area contributed by atoms with Gasteiger partial charge in [-0.1, -0.05) is 78.3 Å². The van der Waals surface area contributed by atoms with Crippen LogP contribution in [0.2, 0.25) is 5.02 Å². The Morgan fingerprint density at radius 3 is 2.19 bits per heavy atom. The third-order valence-electron chi connectivity index (χ3n) is 6.02. The monoisotopic (exact) mass is 537 g/mol. The summed E-state index contributed by atoms with van der Waals surface area (Å²) < 4.78 is 1.06. The minimum Gasteiger partial charge on any atom is -0.397 e. The maximum absolute atomic E-state index is 13.6. The molecular formula is C30H20ClN3OS2. The number of nitrogens with two attached hydrogens (primary N) is 1. The Morgan fingerprint density at radius 1 is 0.784 bits per heavy atom. The van der Waals surface area contributed by atoms with Gasteiger partial charge in [0.1, 0.15) is 14.9 Å². The summed E-state index contributed by atoms with van der Waals surface area (Å²) in [5.41, 5.74) is 12.3. The smallest absolute Gasteiger partial charge is 0.205 e. The van der Waals surface area contributed by atoms with Crippen molar-refractivity contribution in [1.82, 2.24) is 4.98 Å². The van der Waals surface area contributed by atoms with Gasteiger partial charge in [-0.3, -0.25) is 4.79 Å². The van der Waals surface area contributed by atoms with Gasteiger partial charge in [-0.15, -0.1) is 22.7 Å². The lowest BCUT2D eigenvalue weighted by Gasteiger charge is -2.06. The van der Waals surface area contributed by atoms with Gasteiger partial charge in [-0.2, -0.15) is 0 Å². The maximum atomic E-state index is 13.6. The van der Waals surface area contributed by atoms with Gasteiger partial charge in [0.25, 0.3) is 0 Å². The lowest BCUT2D eigenvalue weighted by atomic mass is 10.0. The number of carbonyl (C=O) groups is 1. The number of ketones is 1. The lowest BCUT2D eigenvalue weighted by Crippen LogP contribution is -2.02. The van der Waals surface area contributed by atoms with Crippen LogP contribution in [0.25, 0.3) is 31.9 Å². The molecule has 0 aliphatic heterocycles. The highest BCUT2D eigenvalue weighted by molar-refractivity contribution is 7.23. The molecule has 37 heavy (non-hydrogen) atoms. The molecule has 4 nitrogen and oxygen atoms in total. The fraction of sp³-hybridized carbons (Fsp3) is 0. The zero-order valence-electron chi connectivity index (χ0n) is 19.4. The first-order chi connectivity index (χ1) is 18.1. The van der Waals surface area contributed by atoms with E-state index in [-0.39, 0.29) is 5.78 Å². The third-order valence-corrected chi connectivity index (χ3v) is 8.44. The van der Waals surface area contributed by atoms with Crippen molar-refractivity contribution in [3.63, 3.8) is 0 Å². The van der Waals surface area contributed by atoms with E-state index in [0.29, 0.717) is 21.2 Å². The first-order valence-corrected chi connectivity index (χ1v) is 13.6. The highest BCUT2D eigenvalue weighted by Crippen LogP contribution is 2.47. The number of hydrogen-bond acceptors (Lipinski definition) is 6. The molecule has 6 rings (SSSR count). The number of rotatable bonds is 6. The molecule has 0 saturated heterocycles. The number of thiazole rings is 1. The number of anilines is 3. The standard InChI is InChI=1S/C30H20ClN3OS2/c31-21-14-16-22(17-15-21)33-29-25(30-34-23-8-4-5-9-24(23)36-30)26(32)28(37-29)27(35)20-12-10-19(11-13-20)18-6-2-1-3-7-18/h1-17,33H,32H2. The molecule has 0 atom stereocenters. The minimum atomic E-state index is -0.117. The Kier molecular flexibility index (Phi) is 6.22. The Labute approximate surface area is 227 Å². The number of nitrogen functional groups attached to an aromatic ring is 1. The molecule has 6 aromatic rings. The maximum Gasteiger partial charge on any atom is 0.205 e. The van der Waals surface area contributed by atoms with E-state index in [1.165, 1.54) is 11.3 Å². The van der Waals surface area contributed by atoms with Crippen molar-refractivity contribution in [2.24, 2.45) is 0 Å². The van der Waals surface area contributed by atoms with Crippen LogP contribution in [0, 0.1) is 0 Å². The molecule has 3 N–H and O–H groups in total. The predicted molar refractivity (Wildman–Crippen MR) is 157 cm³/mol. The fourth-order valence-electron chi connectivity index (χ4n) is 4.13. The van der Waals surface area contributed by atoms with Gasteiger partial charge in [0, 0.05) is 16.3 Å².